The van der Waals surface area contributed by atoms with Crippen molar-refractivity contribution in [1.82, 2.24) is 4.98 Å². The molecule has 2 rings (SSSR count). The van der Waals surface area contributed by atoms with Crippen LogP contribution in [0.2, 0.25) is 5.02 Å². The predicted octanol–water partition coefficient (Wildman–Crippen LogP) is 4.61. The van der Waals surface area contributed by atoms with Crippen LogP contribution in [0.15, 0.2) is 18.2 Å². The second kappa shape index (κ2) is 4.56. The number of hydrogen-bond acceptors (Lipinski definition) is 2. The van der Waals surface area contributed by atoms with Gasteiger partial charge in [0, 0.05) is 10.4 Å². The van der Waals surface area contributed by atoms with Crippen molar-refractivity contribution in [3.63, 3.8) is 0 Å². The zero-order valence-electron chi connectivity index (χ0n) is 10.3. The number of pyridine rings is 1. The van der Waals surface area contributed by atoms with E-state index in [9.17, 15) is 13.2 Å². The van der Waals surface area contributed by atoms with E-state index in [0.717, 1.165) is 6.07 Å². The normalized spacial score (nSPS) is 12.4. The van der Waals surface area contributed by atoms with Crippen LogP contribution in [0, 0.1) is 0 Å². The molecule has 0 amide bonds. The first-order valence-corrected chi connectivity index (χ1v) is 6.05. The van der Waals surface area contributed by atoms with Gasteiger partial charge in [0.1, 0.15) is 5.82 Å². The van der Waals surface area contributed by atoms with E-state index < -0.39 is 11.7 Å². The molecule has 2 aromatic rings. The Kier molecular flexibility index (Phi) is 3.34. The lowest BCUT2D eigenvalue weighted by Crippen LogP contribution is -2.08. The molecule has 1 aromatic heterocycles. The van der Waals surface area contributed by atoms with Crippen molar-refractivity contribution >= 4 is 28.3 Å². The Morgan fingerprint density at radius 1 is 1.21 bits per heavy atom. The Balaban J connectivity index is 2.83. The van der Waals surface area contributed by atoms with Gasteiger partial charge in [-0.1, -0.05) is 25.4 Å². The highest BCUT2D eigenvalue weighted by Crippen LogP contribution is 2.37. The fraction of sp³-hybridized carbons (Fsp3) is 0.308. The summed E-state index contributed by atoms with van der Waals surface area (Å²) < 4.78 is 38.8. The summed E-state index contributed by atoms with van der Waals surface area (Å²) in [5.74, 6) is 0.195. The van der Waals surface area contributed by atoms with Gasteiger partial charge in [0.2, 0.25) is 0 Å². The Labute approximate surface area is 113 Å². The van der Waals surface area contributed by atoms with Crippen LogP contribution in [0.1, 0.15) is 30.9 Å². The van der Waals surface area contributed by atoms with Crippen LogP contribution in [-0.4, -0.2) is 4.98 Å². The fourth-order valence-electron chi connectivity index (χ4n) is 1.96. The van der Waals surface area contributed by atoms with Crippen molar-refractivity contribution in [3.8, 4) is 0 Å². The molecule has 102 valence electrons. The topological polar surface area (TPSA) is 38.9 Å². The summed E-state index contributed by atoms with van der Waals surface area (Å²) in [6.45, 7) is 3.79. The second-order valence-electron chi connectivity index (χ2n) is 4.64. The molecule has 0 bridgehead atoms. The first-order chi connectivity index (χ1) is 8.70. The minimum absolute atomic E-state index is 0.0288. The zero-order chi connectivity index (χ0) is 14.4. The number of hydrogen-bond donors (Lipinski definition) is 1. The lowest BCUT2D eigenvalue weighted by atomic mass is 10.0. The number of nitrogens with two attached hydrogens (primary N) is 1. The van der Waals surface area contributed by atoms with Crippen LogP contribution in [0.3, 0.4) is 0 Å². The number of halogens is 4. The molecule has 1 heterocycles. The van der Waals surface area contributed by atoms with Gasteiger partial charge in [-0.3, -0.25) is 0 Å². The summed E-state index contributed by atoms with van der Waals surface area (Å²) in [6, 6.07) is 3.94. The summed E-state index contributed by atoms with van der Waals surface area (Å²) in [7, 11) is 0. The van der Waals surface area contributed by atoms with Crippen molar-refractivity contribution in [2.24, 2.45) is 0 Å². The maximum Gasteiger partial charge on any atom is 0.418 e. The highest BCUT2D eigenvalue weighted by molar-refractivity contribution is 6.31. The maximum absolute atomic E-state index is 12.9. The van der Waals surface area contributed by atoms with Gasteiger partial charge in [-0.2, -0.15) is 13.2 Å². The van der Waals surface area contributed by atoms with Crippen LogP contribution >= 0.6 is 11.6 Å². The van der Waals surface area contributed by atoms with Gasteiger partial charge in [-0.05, 0) is 29.7 Å². The number of nitrogen functional groups attached to an aromatic ring is 1. The quantitative estimate of drug-likeness (QED) is 0.832. The number of aromatic nitrogens is 1. The Morgan fingerprint density at radius 3 is 2.37 bits per heavy atom. The first-order valence-electron chi connectivity index (χ1n) is 5.67. The summed E-state index contributed by atoms with van der Waals surface area (Å²) in [5, 5.41) is 0.374. The molecular formula is C13H12ClF3N2. The van der Waals surface area contributed by atoms with E-state index in [0.29, 0.717) is 10.9 Å². The molecule has 2 N–H and O–H groups in total. The molecule has 0 radical (unpaired) electrons. The van der Waals surface area contributed by atoms with Crippen molar-refractivity contribution < 1.29 is 13.2 Å². The number of nitrogens with zero attached hydrogens (tertiary/aromatic N) is 1. The van der Waals surface area contributed by atoms with E-state index in [-0.39, 0.29) is 22.3 Å². The van der Waals surface area contributed by atoms with Gasteiger partial charge in [0.25, 0.3) is 0 Å². The highest BCUT2D eigenvalue weighted by Gasteiger charge is 2.34. The van der Waals surface area contributed by atoms with Crippen molar-refractivity contribution in [2.45, 2.75) is 25.9 Å². The second-order valence-corrected chi connectivity index (χ2v) is 5.08. The van der Waals surface area contributed by atoms with Crippen LogP contribution in [0.4, 0.5) is 19.0 Å². The zero-order valence-corrected chi connectivity index (χ0v) is 11.1. The van der Waals surface area contributed by atoms with Crippen LogP contribution in [0.25, 0.3) is 10.9 Å². The standard InChI is InChI=1S/C13H12ClF3N2/c1-6(2)9-4-7-3-8(14)5-10(13(15,16)17)11(7)19-12(9)18/h3-6H,1-2H3,(H2,18,19). The van der Waals surface area contributed by atoms with Crippen molar-refractivity contribution in [2.75, 3.05) is 5.73 Å². The van der Waals surface area contributed by atoms with Crippen LogP contribution < -0.4 is 5.73 Å². The van der Waals surface area contributed by atoms with Crippen LogP contribution in [-0.2, 0) is 6.18 Å². The Bertz CT molecular complexity index is 636. The minimum Gasteiger partial charge on any atom is -0.383 e. The minimum atomic E-state index is -4.51. The summed E-state index contributed by atoms with van der Waals surface area (Å²) in [6.07, 6.45) is -4.51. The lowest BCUT2D eigenvalue weighted by molar-refractivity contribution is -0.136. The van der Waals surface area contributed by atoms with Gasteiger partial charge >= 0.3 is 6.18 Å². The summed E-state index contributed by atoms with van der Waals surface area (Å²) in [5.41, 5.74) is 5.41. The molecule has 6 heteroatoms. The van der Waals surface area contributed by atoms with E-state index in [1.54, 1.807) is 6.07 Å². The average Bonchev–Trinajstić information content (AvgIpc) is 2.26. The fourth-order valence-corrected chi connectivity index (χ4v) is 2.19. The van der Waals surface area contributed by atoms with Crippen molar-refractivity contribution in [3.05, 3.63) is 34.3 Å². The van der Waals surface area contributed by atoms with Crippen molar-refractivity contribution in [1.29, 1.82) is 0 Å². The van der Waals surface area contributed by atoms with Gasteiger partial charge in [0.15, 0.2) is 0 Å². The molecule has 2 nitrogen and oxygen atoms in total. The van der Waals surface area contributed by atoms with E-state index in [1.165, 1.54) is 6.07 Å². The lowest BCUT2D eigenvalue weighted by Gasteiger charge is -2.14. The van der Waals surface area contributed by atoms with Gasteiger partial charge in [-0.15, -0.1) is 0 Å². The van der Waals surface area contributed by atoms with Gasteiger partial charge in [-0.25, -0.2) is 4.98 Å². The molecule has 0 unspecified atom stereocenters. The summed E-state index contributed by atoms with van der Waals surface area (Å²) >= 11 is 5.74. The average molecular weight is 289 g/mol. The molecule has 1 aromatic carbocycles. The Morgan fingerprint density at radius 2 is 1.84 bits per heavy atom. The first kappa shape index (κ1) is 13.9. The van der Waals surface area contributed by atoms with Crippen LogP contribution in [0.5, 0.6) is 0 Å². The molecule has 0 fully saturated rings. The van der Waals surface area contributed by atoms with Gasteiger partial charge in [0.05, 0.1) is 11.1 Å². The number of rotatable bonds is 1. The summed E-state index contributed by atoms with van der Waals surface area (Å²) in [4.78, 5) is 3.90. The van der Waals surface area contributed by atoms with E-state index in [2.05, 4.69) is 4.98 Å². The Hall–Kier alpha value is -1.49. The molecule has 0 saturated heterocycles. The van der Waals surface area contributed by atoms with E-state index in [1.807, 2.05) is 13.8 Å². The smallest absolute Gasteiger partial charge is 0.383 e. The third kappa shape index (κ3) is 2.61. The third-order valence-corrected chi connectivity index (χ3v) is 3.09. The number of alkyl halides is 3. The monoisotopic (exact) mass is 288 g/mol. The maximum atomic E-state index is 12.9. The number of anilines is 1. The largest absolute Gasteiger partial charge is 0.418 e. The molecule has 0 aliphatic rings. The molecular weight excluding hydrogens is 277 g/mol. The molecule has 0 atom stereocenters. The number of benzene rings is 1. The molecule has 19 heavy (non-hydrogen) atoms. The molecule has 0 spiro atoms. The predicted molar refractivity (Wildman–Crippen MR) is 70.3 cm³/mol. The molecule has 0 aliphatic heterocycles. The number of fused-ring (bicyclic) bond motifs is 1. The molecule has 0 saturated carbocycles. The third-order valence-electron chi connectivity index (χ3n) is 2.87. The van der Waals surface area contributed by atoms with E-state index >= 15 is 0 Å². The molecule has 0 aliphatic carbocycles. The highest BCUT2D eigenvalue weighted by atomic mass is 35.5. The SMILES string of the molecule is CC(C)c1cc2cc(Cl)cc(C(F)(F)F)c2nc1N. The van der Waals surface area contributed by atoms with E-state index in [4.69, 9.17) is 17.3 Å². The van der Waals surface area contributed by atoms with Gasteiger partial charge < -0.3 is 5.73 Å².